The van der Waals surface area contributed by atoms with Crippen LogP contribution in [-0.4, -0.2) is 27.1 Å². The zero-order valence-electron chi connectivity index (χ0n) is 7.89. The number of nitrogens with zero attached hydrogens (tertiary/aromatic N) is 2. The molecule has 0 aliphatic carbocycles. The number of hydrogen-bond acceptors (Lipinski definition) is 5. The summed E-state index contributed by atoms with van der Waals surface area (Å²) in [4.78, 5) is 18.0. The Morgan fingerprint density at radius 2 is 2.29 bits per heavy atom. The van der Waals surface area contributed by atoms with E-state index in [1.165, 1.54) is 0 Å². The molecule has 0 fully saturated rings. The van der Waals surface area contributed by atoms with Gasteiger partial charge in [0.2, 0.25) is 11.8 Å². The Hall–Kier alpha value is -1.85. The molecule has 1 aromatic rings. The first-order valence-corrected chi connectivity index (χ1v) is 4.03. The van der Waals surface area contributed by atoms with Gasteiger partial charge in [-0.25, -0.2) is 9.78 Å². The maximum absolute atomic E-state index is 10.7. The molecule has 0 atom stereocenters. The normalized spacial score (nSPS) is 10.2. The number of ether oxygens (including phenoxy) is 1. The molecular weight excluding hydrogens is 186 g/mol. The number of anilines is 1. The van der Waals surface area contributed by atoms with Crippen LogP contribution in [-0.2, 0) is 0 Å². The predicted octanol–water partition coefficient (Wildman–Crippen LogP) is 0.544. The van der Waals surface area contributed by atoms with E-state index in [1.54, 1.807) is 13.8 Å². The zero-order chi connectivity index (χ0) is 10.7. The first-order chi connectivity index (χ1) is 6.50. The Kier molecular flexibility index (Phi) is 2.85. The number of carboxylic acids is 1. The van der Waals surface area contributed by atoms with Gasteiger partial charge in [0.05, 0.1) is 12.3 Å². The minimum Gasteiger partial charge on any atom is -0.477 e. The van der Waals surface area contributed by atoms with Crippen molar-refractivity contribution in [1.29, 1.82) is 0 Å². The summed E-state index contributed by atoms with van der Waals surface area (Å²) in [5.41, 5.74) is 5.22. The average Bonchev–Trinajstić information content (AvgIpc) is 2.01. The largest absolute Gasteiger partial charge is 0.477 e. The molecule has 0 bridgehead atoms. The van der Waals surface area contributed by atoms with E-state index in [1.807, 2.05) is 0 Å². The Labute approximate surface area is 80.7 Å². The number of nitrogen functional groups attached to an aromatic ring is 1. The number of carbonyl (C=O) groups is 1. The van der Waals surface area contributed by atoms with E-state index in [2.05, 4.69) is 9.97 Å². The van der Waals surface area contributed by atoms with Gasteiger partial charge in [-0.3, -0.25) is 0 Å². The van der Waals surface area contributed by atoms with Gasteiger partial charge in [-0.1, -0.05) is 0 Å². The molecule has 0 saturated heterocycles. The van der Waals surface area contributed by atoms with Crippen LogP contribution >= 0.6 is 0 Å². The fourth-order valence-electron chi connectivity index (χ4n) is 0.839. The van der Waals surface area contributed by atoms with Gasteiger partial charge in [-0.2, -0.15) is 4.98 Å². The Morgan fingerprint density at radius 3 is 2.79 bits per heavy atom. The van der Waals surface area contributed by atoms with Gasteiger partial charge in [-0.15, -0.1) is 0 Å². The lowest BCUT2D eigenvalue weighted by Gasteiger charge is -2.10. The molecule has 0 unspecified atom stereocenters. The quantitative estimate of drug-likeness (QED) is 0.733. The molecule has 0 amide bonds. The second-order valence-corrected chi connectivity index (χ2v) is 2.92. The highest BCUT2D eigenvalue weighted by Crippen LogP contribution is 2.16. The van der Waals surface area contributed by atoms with Crippen molar-refractivity contribution in [3.63, 3.8) is 0 Å². The van der Waals surface area contributed by atoms with E-state index in [9.17, 15) is 4.79 Å². The molecule has 14 heavy (non-hydrogen) atoms. The number of nitrogens with two attached hydrogens (primary N) is 1. The van der Waals surface area contributed by atoms with Crippen molar-refractivity contribution in [2.75, 3.05) is 5.73 Å². The Bertz CT molecular complexity index is 352. The van der Waals surface area contributed by atoms with Crippen LogP contribution in [0.2, 0.25) is 0 Å². The van der Waals surface area contributed by atoms with Crippen LogP contribution in [0, 0.1) is 0 Å². The van der Waals surface area contributed by atoms with Gasteiger partial charge in [0, 0.05) is 0 Å². The van der Waals surface area contributed by atoms with Crippen molar-refractivity contribution in [3.8, 4) is 5.88 Å². The minimum atomic E-state index is -1.14. The lowest BCUT2D eigenvalue weighted by Crippen LogP contribution is -2.13. The molecular formula is C8H11N3O3. The lowest BCUT2D eigenvalue weighted by molar-refractivity contribution is 0.0688. The molecule has 1 aromatic heterocycles. The van der Waals surface area contributed by atoms with Gasteiger partial charge in [0.15, 0.2) is 0 Å². The Morgan fingerprint density at radius 1 is 1.64 bits per heavy atom. The molecule has 3 N–H and O–H groups in total. The van der Waals surface area contributed by atoms with Crippen LogP contribution in [0.25, 0.3) is 0 Å². The smallest absolute Gasteiger partial charge is 0.342 e. The van der Waals surface area contributed by atoms with E-state index in [0.29, 0.717) is 0 Å². The summed E-state index contributed by atoms with van der Waals surface area (Å²) in [5.74, 6) is -1.15. The minimum absolute atomic E-state index is 0.000000000000000444. The van der Waals surface area contributed by atoms with Crippen molar-refractivity contribution in [3.05, 3.63) is 11.8 Å². The van der Waals surface area contributed by atoms with Crippen molar-refractivity contribution in [2.45, 2.75) is 20.0 Å². The van der Waals surface area contributed by atoms with Crippen molar-refractivity contribution < 1.29 is 14.6 Å². The van der Waals surface area contributed by atoms with Crippen LogP contribution in [0.5, 0.6) is 5.88 Å². The monoisotopic (exact) mass is 197 g/mol. The van der Waals surface area contributed by atoms with E-state index >= 15 is 0 Å². The molecule has 1 heterocycles. The van der Waals surface area contributed by atoms with E-state index < -0.39 is 5.97 Å². The third kappa shape index (κ3) is 2.32. The van der Waals surface area contributed by atoms with Crippen LogP contribution in [0.1, 0.15) is 24.2 Å². The molecule has 1 rings (SSSR count). The molecule has 0 aromatic carbocycles. The van der Waals surface area contributed by atoms with Crippen molar-refractivity contribution in [1.82, 2.24) is 9.97 Å². The molecule has 6 heteroatoms. The molecule has 0 saturated carbocycles. The third-order valence-corrected chi connectivity index (χ3v) is 1.35. The number of aromatic nitrogens is 2. The fraction of sp³-hybridized carbons (Fsp3) is 0.375. The predicted molar refractivity (Wildman–Crippen MR) is 49.2 cm³/mol. The zero-order valence-corrected chi connectivity index (χ0v) is 7.89. The van der Waals surface area contributed by atoms with Gasteiger partial charge < -0.3 is 15.6 Å². The lowest BCUT2D eigenvalue weighted by atomic mass is 10.3. The summed E-state index contributed by atoms with van der Waals surface area (Å²) in [6.45, 7) is 3.54. The first-order valence-electron chi connectivity index (χ1n) is 4.03. The molecule has 0 aliphatic rings. The molecule has 6 nitrogen and oxygen atoms in total. The Balaban J connectivity index is 3.09. The van der Waals surface area contributed by atoms with E-state index in [0.717, 1.165) is 6.20 Å². The van der Waals surface area contributed by atoms with Crippen molar-refractivity contribution >= 4 is 11.9 Å². The van der Waals surface area contributed by atoms with Gasteiger partial charge in [0.25, 0.3) is 0 Å². The average molecular weight is 197 g/mol. The number of hydrogen-bond donors (Lipinski definition) is 2. The summed E-state index contributed by atoms with van der Waals surface area (Å²) in [6.07, 6.45) is 0.963. The van der Waals surface area contributed by atoms with Crippen LogP contribution < -0.4 is 10.5 Å². The second kappa shape index (κ2) is 3.91. The van der Waals surface area contributed by atoms with E-state index in [4.69, 9.17) is 15.6 Å². The highest BCUT2D eigenvalue weighted by Gasteiger charge is 2.15. The van der Waals surface area contributed by atoms with Crippen LogP contribution in [0.4, 0.5) is 5.95 Å². The summed E-state index contributed by atoms with van der Waals surface area (Å²) >= 11 is 0. The van der Waals surface area contributed by atoms with Crippen LogP contribution in [0.15, 0.2) is 6.20 Å². The fourth-order valence-corrected chi connectivity index (χ4v) is 0.839. The summed E-state index contributed by atoms with van der Waals surface area (Å²) in [5, 5.41) is 8.77. The first kappa shape index (κ1) is 10.2. The summed E-state index contributed by atoms with van der Waals surface area (Å²) in [6, 6.07) is 0. The van der Waals surface area contributed by atoms with Crippen molar-refractivity contribution in [2.24, 2.45) is 0 Å². The summed E-state index contributed by atoms with van der Waals surface area (Å²) in [7, 11) is 0. The topological polar surface area (TPSA) is 98.3 Å². The second-order valence-electron chi connectivity index (χ2n) is 2.92. The number of rotatable bonds is 3. The maximum Gasteiger partial charge on any atom is 0.342 e. The molecule has 0 aliphatic heterocycles. The SMILES string of the molecule is CC(C)Oc1nc(N)ncc1C(=O)O. The third-order valence-electron chi connectivity index (χ3n) is 1.35. The standard InChI is InChI=1S/C8H11N3O3/c1-4(2)14-6-5(7(12)13)3-10-8(9)11-6/h3-4H,1-2H3,(H,12,13)(H2,9,10,11). The molecule has 76 valence electrons. The molecule has 0 spiro atoms. The number of carboxylic acid groups (broad SMARTS) is 1. The van der Waals surface area contributed by atoms with Gasteiger partial charge in [0.1, 0.15) is 5.56 Å². The van der Waals surface area contributed by atoms with Gasteiger partial charge >= 0.3 is 5.97 Å². The highest BCUT2D eigenvalue weighted by atomic mass is 16.5. The van der Waals surface area contributed by atoms with E-state index in [-0.39, 0.29) is 23.5 Å². The van der Waals surface area contributed by atoms with Crippen LogP contribution in [0.3, 0.4) is 0 Å². The number of aromatic carboxylic acids is 1. The molecule has 0 radical (unpaired) electrons. The maximum atomic E-state index is 10.7. The van der Waals surface area contributed by atoms with Gasteiger partial charge in [-0.05, 0) is 13.8 Å². The highest BCUT2D eigenvalue weighted by molar-refractivity contribution is 5.89. The summed E-state index contributed by atoms with van der Waals surface area (Å²) < 4.78 is 5.18.